The summed E-state index contributed by atoms with van der Waals surface area (Å²) in [4.78, 5) is 0. The van der Waals surface area contributed by atoms with E-state index >= 15 is 0 Å². The van der Waals surface area contributed by atoms with Crippen molar-refractivity contribution < 1.29 is 4.74 Å². The smallest absolute Gasteiger partial charge is 0.113 e. The van der Waals surface area contributed by atoms with E-state index in [-0.39, 0.29) is 5.54 Å². The summed E-state index contributed by atoms with van der Waals surface area (Å²) in [6.07, 6.45) is 5.65. The summed E-state index contributed by atoms with van der Waals surface area (Å²) in [5, 5.41) is 0. The topological polar surface area (TPSA) is 35.2 Å². The largest absolute Gasteiger partial charge is 0.492 e. The van der Waals surface area contributed by atoms with Crippen LogP contribution < -0.4 is 5.73 Å². The SMILES string of the molecule is C=C(OCc1ccccc1)C1(N)CCCCC1. The second-order valence-electron chi connectivity index (χ2n) is 4.91. The Labute approximate surface area is 103 Å². The van der Waals surface area contributed by atoms with Crippen molar-refractivity contribution in [2.45, 2.75) is 44.2 Å². The predicted octanol–water partition coefficient (Wildman–Crippen LogP) is 3.38. The van der Waals surface area contributed by atoms with E-state index in [1.165, 1.54) is 19.3 Å². The second-order valence-corrected chi connectivity index (χ2v) is 4.91. The van der Waals surface area contributed by atoms with Gasteiger partial charge in [0.1, 0.15) is 12.4 Å². The van der Waals surface area contributed by atoms with Gasteiger partial charge in [0.15, 0.2) is 0 Å². The first-order valence-corrected chi connectivity index (χ1v) is 6.36. The van der Waals surface area contributed by atoms with Gasteiger partial charge in [-0.1, -0.05) is 56.2 Å². The van der Waals surface area contributed by atoms with Gasteiger partial charge in [-0.2, -0.15) is 0 Å². The van der Waals surface area contributed by atoms with Crippen LogP contribution in [0, 0.1) is 0 Å². The first-order valence-electron chi connectivity index (χ1n) is 6.36. The highest BCUT2D eigenvalue weighted by atomic mass is 16.5. The molecule has 0 atom stereocenters. The van der Waals surface area contributed by atoms with Crippen molar-refractivity contribution in [1.29, 1.82) is 0 Å². The van der Waals surface area contributed by atoms with Crippen LogP contribution in [0.1, 0.15) is 37.7 Å². The Bertz CT molecular complexity index is 366. The number of nitrogens with two attached hydrogens (primary N) is 1. The molecule has 17 heavy (non-hydrogen) atoms. The molecule has 0 aliphatic heterocycles. The lowest BCUT2D eigenvalue weighted by Gasteiger charge is -2.34. The van der Waals surface area contributed by atoms with Crippen molar-refractivity contribution in [3.63, 3.8) is 0 Å². The molecule has 0 saturated heterocycles. The van der Waals surface area contributed by atoms with Crippen LogP contribution in [-0.2, 0) is 11.3 Å². The Kier molecular flexibility index (Phi) is 3.85. The Morgan fingerprint density at radius 2 is 1.82 bits per heavy atom. The third kappa shape index (κ3) is 3.10. The molecule has 1 saturated carbocycles. The van der Waals surface area contributed by atoms with Crippen LogP contribution in [0.5, 0.6) is 0 Å². The number of ether oxygens (including phenoxy) is 1. The summed E-state index contributed by atoms with van der Waals surface area (Å²) in [5.41, 5.74) is 7.20. The van der Waals surface area contributed by atoms with E-state index in [0.29, 0.717) is 6.61 Å². The molecule has 92 valence electrons. The van der Waals surface area contributed by atoms with Crippen molar-refractivity contribution in [1.82, 2.24) is 0 Å². The van der Waals surface area contributed by atoms with E-state index in [1.54, 1.807) is 0 Å². The maximum absolute atomic E-state index is 6.34. The molecule has 0 heterocycles. The van der Waals surface area contributed by atoms with Gasteiger partial charge in [-0.3, -0.25) is 0 Å². The monoisotopic (exact) mass is 231 g/mol. The third-order valence-electron chi connectivity index (χ3n) is 3.56. The van der Waals surface area contributed by atoms with Crippen LogP contribution in [0.2, 0.25) is 0 Å². The third-order valence-corrected chi connectivity index (χ3v) is 3.56. The summed E-state index contributed by atoms with van der Waals surface area (Å²) >= 11 is 0. The lowest BCUT2D eigenvalue weighted by Crippen LogP contribution is -2.44. The quantitative estimate of drug-likeness (QED) is 0.806. The summed E-state index contributed by atoms with van der Waals surface area (Å²) < 4.78 is 5.75. The van der Waals surface area contributed by atoms with E-state index in [0.717, 1.165) is 24.2 Å². The van der Waals surface area contributed by atoms with Crippen molar-refractivity contribution in [2.24, 2.45) is 5.73 Å². The number of hydrogen-bond donors (Lipinski definition) is 1. The zero-order chi connectivity index (χ0) is 12.1. The van der Waals surface area contributed by atoms with Crippen molar-refractivity contribution in [2.75, 3.05) is 0 Å². The summed E-state index contributed by atoms with van der Waals surface area (Å²) in [5.74, 6) is 0.751. The Morgan fingerprint density at radius 3 is 2.47 bits per heavy atom. The highest BCUT2D eigenvalue weighted by Crippen LogP contribution is 2.32. The molecule has 1 aromatic rings. The molecule has 2 heteroatoms. The fraction of sp³-hybridized carbons (Fsp3) is 0.467. The summed E-state index contributed by atoms with van der Waals surface area (Å²) in [6.45, 7) is 4.59. The molecule has 1 aliphatic carbocycles. The summed E-state index contributed by atoms with van der Waals surface area (Å²) in [6, 6.07) is 10.1. The van der Waals surface area contributed by atoms with Gasteiger partial charge in [0.25, 0.3) is 0 Å². The molecular weight excluding hydrogens is 210 g/mol. The van der Waals surface area contributed by atoms with Crippen molar-refractivity contribution in [3.05, 3.63) is 48.2 Å². The van der Waals surface area contributed by atoms with Crippen LogP contribution in [0.15, 0.2) is 42.7 Å². The Morgan fingerprint density at radius 1 is 1.18 bits per heavy atom. The minimum absolute atomic E-state index is 0.299. The molecule has 0 bridgehead atoms. The van der Waals surface area contributed by atoms with Crippen molar-refractivity contribution >= 4 is 0 Å². The molecular formula is C15H21NO. The minimum atomic E-state index is -0.299. The zero-order valence-corrected chi connectivity index (χ0v) is 10.3. The van der Waals surface area contributed by atoms with Crippen LogP contribution in [-0.4, -0.2) is 5.54 Å². The normalized spacial score (nSPS) is 18.6. The molecule has 0 amide bonds. The van der Waals surface area contributed by atoms with Crippen LogP contribution in [0.3, 0.4) is 0 Å². The van der Waals surface area contributed by atoms with Crippen LogP contribution in [0.4, 0.5) is 0 Å². The van der Waals surface area contributed by atoms with E-state index in [2.05, 4.69) is 18.7 Å². The number of rotatable bonds is 4. The molecule has 2 nitrogen and oxygen atoms in total. The fourth-order valence-corrected chi connectivity index (χ4v) is 2.35. The van der Waals surface area contributed by atoms with Gasteiger partial charge in [-0.25, -0.2) is 0 Å². The fourth-order valence-electron chi connectivity index (χ4n) is 2.35. The first kappa shape index (κ1) is 12.2. The predicted molar refractivity (Wildman–Crippen MR) is 70.4 cm³/mol. The molecule has 0 radical (unpaired) electrons. The maximum Gasteiger partial charge on any atom is 0.113 e. The standard InChI is InChI=1S/C15H21NO/c1-13(15(16)10-6-3-7-11-15)17-12-14-8-4-2-5-9-14/h2,4-5,8-9H,1,3,6-7,10-12,16H2. The molecule has 0 aromatic heterocycles. The first-order chi connectivity index (χ1) is 8.21. The van der Waals surface area contributed by atoms with E-state index in [1.807, 2.05) is 18.2 Å². The zero-order valence-electron chi connectivity index (χ0n) is 10.3. The highest BCUT2D eigenvalue weighted by Gasteiger charge is 2.31. The Hall–Kier alpha value is -1.28. The van der Waals surface area contributed by atoms with E-state index in [9.17, 15) is 0 Å². The average molecular weight is 231 g/mol. The van der Waals surface area contributed by atoms with Gasteiger partial charge in [0, 0.05) is 0 Å². The molecule has 2 N–H and O–H groups in total. The molecule has 0 spiro atoms. The molecule has 1 aliphatic rings. The van der Waals surface area contributed by atoms with Crippen LogP contribution in [0.25, 0.3) is 0 Å². The number of benzene rings is 1. The minimum Gasteiger partial charge on any atom is -0.492 e. The number of hydrogen-bond acceptors (Lipinski definition) is 2. The molecule has 0 unspecified atom stereocenters. The summed E-state index contributed by atoms with van der Waals surface area (Å²) in [7, 11) is 0. The van der Waals surface area contributed by atoms with E-state index < -0.39 is 0 Å². The molecule has 1 fully saturated rings. The van der Waals surface area contributed by atoms with Gasteiger partial charge < -0.3 is 10.5 Å². The van der Waals surface area contributed by atoms with Crippen LogP contribution >= 0.6 is 0 Å². The highest BCUT2D eigenvalue weighted by molar-refractivity contribution is 5.15. The van der Waals surface area contributed by atoms with Gasteiger partial charge in [-0.15, -0.1) is 0 Å². The molecule has 2 rings (SSSR count). The second kappa shape index (κ2) is 5.37. The van der Waals surface area contributed by atoms with Gasteiger partial charge in [0.2, 0.25) is 0 Å². The molecule has 1 aromatic carbocycles. The van der Waals surface area contributed by atoms with Gasteiger partial charge in [-0.05, 0) is 18.4 Å². The average Bonchev–Trinajstić information content (AvgIpc) is 2.38. The Balaban J connectivity index is 1.88. The lowest BCUT2D eigenvalue weighted by molar-refractivity contribution is 0.133. The van der Waals surface area contributed by atoms with Crippen molar-refractivity contribution in [3.8, 4) is 0 Å². The van der Waals surface area contributed by atoms with Gasteiger partial charge in [0.05, 0.1) is 5.54 Å². The van der Waals surface area contributed by atoms with Gasteiger partial charge >= 0.3 is 0 Å². The maximum atomic E-state index is 6.34. The van der Waals surface area contributed by atoms with E-state index in [4.69, 9.17) is 10.5 Å². The lowest BCUT2D eigenvalue weighted by atomic mass is 9.81.